The second-order valence-electron chi connectivity index (χ2n) is 6.03. The molecule has 3 rings (SSSR count). The first-order valence-corrected chi connectivity index (χ1v) is 7.93. The lowest BCUT2D eigenvalue weighted by atomic mass is 9.83. The molecule has 0 saturated heterocycles. The molecule has 1 fully saturated rings. The van der Waals surface area contributed by atoms with E-state index in [0.717, 1.165) is 12.5 Å². The van der Waals surface area contributed by atoms with Gasteiger partial charge < -0.3 is 5.32 Å². The number of aromatic nitrogens is 2. The second-order valence-corrected chi connectivity index (χ2v) is 6.03. The largest absolute Gasteiger partial charge is 0.308 e. The van der Waals surface area contributed by atoms with Crippen molar-refractivity contribution in [2.45, 2.75) is 51.6 Å². The van der Waals surface area contributed by atoms with Crippen molar-refractivity contribution in [3.05, 3.63) is 30.0 Å². The predicted molar refractivity (Wildman–Crippen MR) is 83.6 cm³/mol. The number of nitrogens with zero attached hydrogens (tertiary/aromatic N) is 2. The van der Waals surface area contributed by atoms with Crippen molar-refractivity contribution < 1.29 is 0 Å². The molecule has 0 aliphatic heterocycles. The molecule has 0 radical (unpaired) electrons. The summed E-state index contributed by atoms with van der Waals surface area (Å²) in [6, 6.07) is 9.17. The van der Waals surface area contributed by atoms with Crippen molar-refractivity contribution in [3.63, 3.8) is 0 Å². The summed E-state index contributed by atoms with van der Waals surface area (Å²) in [7, 11) is 2.03. The molecule has 1 N–H and O–H groups in total. The molecular formula is C17H25N3. The summed E-state index contributed by atoms with van der Waals surface area (Å²) < 4.78 is 1.99. The Labute approximate surface area is 121 Å². The Bertz CT molecular complexity index is 573. The lowest BCUT2D eigenvalue weighted by molar-refractivity contribution is 0.254. The van der Waals surface area contributed by atoms with Crippen molar-refractivity contribution in [3.8, 4) is 0 Å². The molecule has 0 spiro atoms. The molecule has 1 aromatic carbocycles. The van der Waals surface area contributed by atoms with Gasteiger partial charge in [0, 0.05) is 25.0 Å². The highest BCUT2D eigenvalue weighted by Gasteiger charge is 2.23. The fraction of sp³-hybridized carbons (Fsp3) is 0.588. The Morgan fingerprint density at radius 1 is 1.25 bits per heavy atom. The SMILES string of the molecule is CCC1CCCCC1NCc1nn(C)c2ccccc12. The fourth-order valence-corrected chi connectivity index (χ4v) is 3.61. The van der Waals surface area contributed by atoms with Gasteiger partial charge >= 0.3 is 0 Å². The molecule has 1 heterocycles. The molecule has 1 saturated carbocycles. The minimum atomic E-state index is 0.675. The molecule has 0 bridgehead atoms. The van der Waals surface area contributed by atoms with Crippen molar-refractivity contribution in [2.75, 3.05) is 0 Å². The Morgan fingerprint density at radius 3 is 2.90 bits per heavy atom. The van der Waals surface area contributed by atoms with E-state index in [1.54, 1.807) is 0 Å². The number of nitrogens with one attached hydrogen (secondary N) is 1. The lowest BCUT2D eigenvalue weighted by Crippen LogP contribution is -2.37. The van der Waals surface area contributed by atoms with Gasteiger partial charge in [-0.25, -0.2) is 0 Å². The third-order valence-electron chi connectivity index (χ3n) is 4.80. The number of hydrogen-bond acceptors (Lipinski definition) is 2. The van der Waals surface area contributed by atoms with Gasteiger partial charge in [-0.1, -0.05) is 44.4 Å². The van der Waals surface area contributed by atoms with Crippen LogP contribution in [0, 0.1) is 5.92 Å². The van der Waals surface area contributed by atoms with Gasteiger partial charge in [0.05, 0.1) is 11.2 Å². The second kappa shape index (κ2) is 5.96. The third-order valence-corrected chi connectivity index (χ3v) is 4.80. The maximum atomic E-state index is 4.68. The molecule has 0 amide bonds. The molecule has 20 heavy (non-hydrogen) atoms. The summed E-state index contributed by atoms with van der Waals surface area (Å²) in [5.41, 5.74) is 2.41. The standard InChI is InChI=1S/C17H25N3/c1-3-13-8-4-6-10-15(13)18-12-16-14-9-5-7-11-17(14)20(2)19-16/h5,7,9,11,13,15,18H,3-4,6,8,10,12H2,1-2H3. The zero-order valence-electron chi connectivity index (χ0n) is 12.6. The first-order valence-electron chi connectivity index (χ1n) is 7.93. The average molecular weight is 271 g/mol. The topological polar surface area (TPSA) is 29.9 Å². The van der Waals surface area contributed by atoms with E-state index in [0.29, 0.717) is 6.04 Å². The lowest BCUT2D eigenvalue weighted by Gasteiger charge is -2.31. The van der Waals surface area contributed by atoms with Crippen LogP contribution < -0.4 is 5.32 Å². The minimum absolute atomic E-state index is 0.675. The summed E-state index contributed by atoms with van der Waals surface area (Å²) in [6.07, 6.45) is 6.78. The van der Waals surface area contributed by atoms with Crippen LogP contribution in [0.2, 0.25) is 0 Å². The molecule has 108 valence electrons. The summed E-state index contributed by atoms with van der Waals surface area (Å²) >= 11 is 0. The highest BCUT2D eigenvalue weighted by Crippen LogP contribution is 2.27. The van der Waals surface area contributed by atoms with E-state index in [2.05, 4.69) is 41.6 Å². The highest BCUT2D eigenvalue weighted by atomic mass is 15.3. The summed E-state index contributed by atoms with van der Waals surface area (Å²) in [4.78, 5) is 0. The van der Waals surface area contributed by atoms with Crippen molar-refractivity contribution in [2.24, 2.45) is 13.0 Å². The van der Waals surface area contributed by atoms with Crippen molar-refractivity contribution >= 4 is 10.9 Å². The molecular weight excluding hydrogens is 246 g/mol. The van der Waals surface area contributed by atoms with E-state index in [4.69, 9.17) is 0 Å². The van der Waals surface area contributed by atoms with Crippen molar-refractivity contribution in [1.82, 2.24) is 15.1 Å². The van der Waals surface area contributed by atoms with E-state index in [9.17, 15) is 0 Å². The minimum Gasteiger partial charge on any atom is -0.308 e. The van der Waals surface area contributed by atoms with E-state index >= 15 is 0 Å². The predicted octanol–water partition coefficient (Wildman–Crippen LogP) is 3.63. The number of para-hydroxylation sites is 1. The summed E-state index contributed by atoms with van der Waals surface area (Å²) in [6.45, 7) is 3.21. The van der Waals surface area contributed by atoms with Gasteiger partial charge in [-0.2, -0.15) is 5.10 Å². The fourth-order valence-electron chi connectivity index (χ4n) is 3.61. The monoisotopic (exact) mass is 271 g/mol. The molecule has 3 heteroatoms. The number of hydrogen-bond donors (Lipinski definition) is 1. The zero-order valence-corrected chi connectivity index (χ0v) is 12.6. The summed E-state index contributed by atoms with van der Waals surface area (Å²) in [5.74, 6) is 0.846. The maximum absolute atomic E-state index is 4.68. The van der Waals surface area contributed by atoms with Gasteiger partial charge in [0.2, 0.25) is 0 Å². The normalized spacial score (nSPS) is 23.3. The van der Waals surface area contributed by atoms with Crippen LogP contribution in [-0.2, 0) is 13.6 Å². The number of aryl methyl sites for hydroxylation is 1. The van der Waals surface area contributed by atoms with Gasteiger partial charge in [-0.15, -0.1) is 0 Å². The van der Waals surface area contributed by atoms with E-state index < -0.39 is 0 Å². The van der Waals surface area contributed by atoms with E-state index in [1.807, 2.05) is 11.7 Å². The molecule has 2 atom stereocenters. The zero-order chi connectivity index (χ0) is 13.9. The third kappa shape index (κ3) is 2.59. The highest BCUT2D eigenvalue weighted by molar-refractivity contribution is 5.81. The maximum Gasteiger partial charge on any atom is 0.0841 e. The smallest absolute Gasteiger partial charge is 0.0841 e. The van der Waals surface area contributed by atoms with Crippen LogP contribution in [0.25, 0.3) is 10.9 Å². The average Bonchev–Trinajstić information content (AvgIpc) is 2.82. The van der Waals surface area contributed by atoms with Crippen molar-refractivity contribution in [1.29, 1.82) is 0 Å². The van der Waals surface area contributed by atoms with Crippen LogP contribution in [0.3, 0.4) is 0 Å². The quantitative estimate of drug-likeness (QED) is 0.920. The van der Waals surface area contributed by atoms with Crippen LogP contribution in [0.1, 0.15) is 44.7 Å². The Balaban J connectivity index is 1.73. The molecule has 1 aliphatic carbocycles. The van der Waals surface area contributed by atoms with Gasteiger partial charge in [-0.3, -0.25) is 4.68 Å². The van der Waals surface area contributed by atoms with Crippen LogP contribution in [-0.4, -0.2) is 15.8 Å². The van der Waals surface area contributed by atoms with Gasteiger partial charge in [0.15, 0.2) is 0 Å². The number of rotatable bonds is 4. The molecule has 1 aromatic heterocycles. The Hall–Kier alpha value is -1.35. The van der Waals surface area contributed by atoms with Crippen LogP contribution >= 0.6 is 0 Å². The summed E-state index contributed by atoms with van der Waals surface area (Å²) in [5, 5.41) is 9.73. The molecule has 3 nitrogen and oxygen atoms in total. The van der Waals surface area contributed by atoms with Crippen LogP contribution in [0.4, 0.5) is 0 Å². The van der Waals surface area contributed by atoms with E-state index in [1.165, 1.54) is 48.7 Å². The molecule has 2 aromatic rings. The first-order chi connectivity index (χ1) is 9.79. The van der Waals surface area contributed by atoms with Gasteiger partial charge in [0.1, 0.15) is 0 Å². The Morgan fingerprint density at radius 2 is 2.05 bits per heavy atom. The number of benzene rings is 1. The van der Waals surface area contributed by atoms with Crippen LogP contribution in [0.5, 0.6) is 0 Å². The van der Waals surface area contributed by atoms with E-state index in [-0.39, 0.29) is 0 Å². The van der Waals surface area contributed by atoms with Gasteiger partial charge in [-0.05, 0) is 24.8 Å². The van der Waals surface area contributed by atoms with Gasteiger partial charge in [0.25, 0.3) is 0 Å². The molecule has 1 aliphatic rings. The number of fused-ring (bicyclic) bond motifs is 1. The molecule has 2 unspecified atom stereocenters. The van der Waals surface area contributed by atoms with Crippen LogP contribution in [0.15, 0.2) is 24.3 Å². The Kier molecular flexibility index (Phi) is 4.06. The first kappa shape index (κ1) is 13.6.